The van der Waals surface area contributed by atoms with Gasteiger partial charge in [0.25, 0.3) is 0 Å². The second-order valence-electron chi connectivity index (χ2n) is 4.28. The SMILES string of the molecule is CCc1ccc(N)cc1S(=O)(=O)NCCn1ccnn1. The number of benzene rings is 1. The summed E-state index contributed by atoms with van der Waals surface area (Å²) in [5, 5.41) is 7.42. The van der Waals surface area contributed by atoms with Gasteiger partial charge >= 0.3 is 0 Å². The van der Waals surface area contributed by atoms with Crippen molar-refractivity contribution in [1.82, 2.24) is 19.7 Å². The number of anilines is 1. The smallest absolute Gasteiger partial charge is 0.240 e. The van der Waals surface area contributed by atoms with E-state index in [2.05, 4.69) is 15.0 Å². The molecule has 2 rings (SSSR count). The minimum atomic E-state index is -3.57. The Kier molecular flexibility index (Phi) is 4.35. The fourth-order valence-corrected chi connectivity index (χ4v) is 3.20. The Bertz CT molecular complexity index is 667. The standard InChI is InChI=1S/C12H17N5O2S/c1-2-10-3-4-11(13)9-12(10)20(18,19)15-6-8-17-7-5-14-16-17/h3-5,7,9,15H,2,6,8,13H2,1H3. The van der Waals surface area contributed by atoms with Gasteiger partial charge in [0.05, 0.1) is 17.6 Å². The largest absolute Gasteiger partial charge is 0.399 e. The molecule has 0 amide bonds. The van der Waals surface area contributed by atoms with Gasteiger partial charge in [-0.2, -0.15) is 0 Å². The van der Waals surface area contributed by atoms with E-state index in [0.29, 0.717) is 18.7 Å². The van der Waals surface area contributed by atoms with Gasteiger partial charge in [0.2, 0.25) is 10.0 Å². The molecule has 0 radical (unpaired) electrons. The Morgan fingerprint density at radius 2 is 2.20 bits per heavy atom. The molecule has 0 bridgehead atoms. The van der Waals surface area contributed by atoms with Crippen LogP contribution in [0.3, 0.4) is 0 Å². The van der Waals surface area contributed by atoms with Crippen molar-refractivity contribution in [3.8, 4) is 0 Å². The van der Waals surface area contributed by atoms with Crippen LogP contribution in [0.1, 0.15) is 12.5 Å². The van der Waals surface area contributed by atoms with Gasteiger partial charge in [-0.25, -0.2) is 13.1 Å². The minimum Gasteiger partial charge on any atom is -0.399 e. The maximum atomic E-state index is 12.3. The number of rotatable bonds is 6. The summed E-state index contributed by atoms with van der Waals surface area (Å²) in [6, 6.07) is 4.92. The average molecular weight is 295 g/mol. The zero-order valence-corrected chi connectivity index (χ0v) is 12.0. The van der Waals surface area contributed by atoms with Gasteiger partial charge in [-0.05, 0) is 24.1 Å². The molecule has 20 heavy (non-hydrogen) atoms. The summed E-state index contributed by atoms with van der Waals surface area (Å²) in [5.74, 6) is 0. The molecule has 1 heterocycles. The fourth-order valence-electron chi connectivity index (χ4n) is 1.84. The molecule has 0 saturated carbocycles. The lowest BCUT2D eigenvalue weighted by atomic mass is 10.1. The lowest BCUT2D eigenvalue weighted by molar-refractivity contribution is 0.552. The molecule has 7 nitrogen and oxygen atoms in total. The average Bonchev–Trinajstić information content (AvgIpc) is 2.91. The van der Waals surface area contributed by atoms with Crippen LogP contribution in [-0.4, -0.2) is 30.0 Å². The van der Waals surface area contributed by atoms with Crippen molar-refractivity contribution in [3.05, 3.63) is 36.2 Å². The maximum Gasteiger partial charge on any atom is 0.240 e. The number of aromatic nitrogens is 3. The molecule has 0 saturated heterocycles. The zero-order valence-electron chi connectivity index (χ0n) is 11.2. The highest BCUT2D eigenvalue weighted by Gasteiger charge is 2.17. The molecule has 0 atom stereocenters. The molecule has 1 aromatic heterocycles. The van der Waals surface area contributed by atoms with E-state index in [4.69, 9.17) is 5.73 Å². The van der Waals surface area contributed by atoms with E-state index in [1.165, 1.54) is 6.07 Å². The summed E-state index contributed by atoms with van der Waals surface area (Å²) in [6.45, 7) is 2.56. The summed E-state index contributed by atoms with van der Waals surface area (Å²) in [7, 11) is -3.57. The molecule has 2 aromatic rings. The third kappa shape index (κ3) is 3.34. The van der Waals surface area contributed by atoms with Gasteiger partial charge in [-0.1, -0.05) is 18.2 Å². The van der Waals surface area contributed by atoms with Gasteiger partial charge in [-0.15, -0.1) is 5.10 Å². The summed E-state index contributed by atoms with van der Waals surface area (Å²) in [5.41, 5.74) is 6.84. The highest BCUT2D eigenvalue weighted by molar-refractivity contribution is 7.89. The Morgan fingerprint density at radius 1 is 1.40 bits per heavy atom. The molecule has 0 aliphatic heterocycles. The van der Waals surface area contributed by atoms with E-state index >= 15 is 0 Å². The van der Waals surface area contributed by atoms with Crippen molar-refractivity contribution in [2.45, 2.75) is 24.8 Å². The number of sulfonamides is 1. The second kappa shape index (κ2) is 6.02. The molecule has 0 aliphatic rings. The first-order chi connectivity index (χ1) is 9.53. The Labute approximate surface area is 117 Å². The number of hydrogen-bond acceptors (Lipinski definition) is 5. The number of nitrogens with two attached hydrogens (primary N) is 1. The van der Waals surface area contributed by atoms with Crippen LogP contribution in [0.15, 0.2) is 35.5 Å². The third-order valence-electron chi connectivity index (χ3n) is 2.87. The van der Waals surface area contributed by atoms with Crippen LogP contribution in [0.4, 0.5) is 5.69 Å². The summed E-state index contributed by atoms with van der Waals surface area (Å²) >= 11 is 0. The van der Waals surface area contributed by atoms with Crippen molar-refractivity contribution in [2.75, 3.05) is 12.3 Å². The van der Waals surface area contributed by atoms with Gasteiger partial charge in [0, 0.05) is 18.4 Å². The van der Waals surface area contributed by atoms with Gasteiger partial charge in [0.15, 0.2) is 0 Å². The highest BCUT2D eigenvalue weighted by Crippen LogP contribution is 2.19. The van der Waals surface area contributed by atoms with Crippen molar-refractivity contribution < 1.29 is 8.42 Å². The summed E-state index contributed by atoms with van der Waals surface area (Å²) in [6.07, 6.45) is 3.84. The lowest BCUT2D eigenvalue weighted by Crippen LogP contribution is -2.28. The first-order valence-electron chi connectivity index (χ1n) is 6.25. The first-order valence-corrected chi connectivity index (χ1v) is 7.73. The van der Waals surface area contributed by atoms with Crippen LogP contribution in [-0.2, 0) is 23.0 Å². The molecule has 108 valence electrons. The molecular weight excluding hydrogens is 278 g/mol. The number of aryl methyl sites for hydroxylation is 1. The molecule has 8 heteroatoms. The van der Waals surface area contributed by atoms with Crippen molar-refractivity contribution in [3.63, 3.8) is 0 Å². The quantitative estimate of drug-likeness (QED) is 0.751. The lowest BCUT2D eigenvalue weighted by Gasteiger charge is -2.11. The van der Waals surface area contributed by atoms with Crippen LogP contribution >= 0.6 is 0 Å². The van der Waals surface area contributed by atoms with Crippen molar-refractivity contribution in [1.29, 1.82) is 0 Å². The number of nitrogens with zero attached hydrogens (tertiary/aromatic N) is 3. The molecule has 3 N–H and O–H groups in total. The molecule has 0 unspecified atom stereocenters. The molecule has 0 spiro atoms. The van der Waals surface area contributed by atoms with Gasteiger partial charge in [0.1, 0.15) is 0 Å². The second-order valence-corrected chi connectivity index (χ2v) is 6.02. The van der Waals surface area contributed by atoms with E-state index in [1.54, 1.807) is 29.2 Å². The fraction of sp³-hybridized carbons (Fsp3) is 0.333. The van der Waals surface area contributed by atoms with E-state index < -0.39 is 10.0 Å². The van der Waals surface area contributed by atoms with Gasteiger partial charge < -0.3 is 5.73 Å². The topological polar surface area (TPSA) is 103 Å². The van der Waals surface area contributed by atoms with E-state index in [0.717, 1.165) is 5.56 Å². The van der Waals surface area contributed by atoms with Crippen LogP contribution < -0.4 is 10.5 Å². The Hall–Kier alpha value is -1.93. The summed E-state index contributed by atoms with van der Waals surface area (Å²) < 4.78 is 28.7. The highest BCUT2D eigenvalue weighted by atomic mass is 32.2. The monoisotopic (exact) mass is 295 g/mol. The van der Waals surface area contributed by atoms with Crippen LogP contribution in [0.25, 0.3) is 0 Å². The van der Waals surface area contributed by atoms with Crippen molar-refractivity contribution >= 4 is 15.7 Å². The number of nitrogens with one attached hydrogen (secondary N) is 1. The Balaban J connectivity index is 2.11. The van der Waals surface area contributed by atoms with Crippen LogP contribution in [0.5, 0.6) is 0 Å². The molecule has 1 aromatic carbocycles. The van der Waals surface area contributed by atoms with E-state index in [9.17, 15) is 8.42 Å². The number of hydrogen-bond donors (Lipinski definition) is 2. The van der Waals surface area contributed by atoms with E-state index in [-0.39, 0.29) is 11.4 Å². The third-order valence-corrected chi connectivity index (χ3v) is 4.41. The van der Waals surface area contributed by atoms with Crippen LogP contribution in [0, 0.1) is 0 Å². The van der Waals surface area contributed by atoms with E-state index in [1.807, 2.05) is 6.92 Å². The zero-order chi connectivity index (χ0) is 14.6. The molecular formula is C12H17N5O2S. The van der Waals surface area contributed by atoms with Crippen molar-refractivity contribution in [2.24, 2.45) is 0 Å². The van der Waals surface area contributed by atoms with Gasteiger partial charge in [-0.3, -0.25) is 4.68 Å². The summed E-state index contributed by atoms with van der Waals surface area (Å²) in [4.78, 5) is 0.235. The predicted octanol–water partition coefficient (Wildman–Crippen LogP) is 0.401. The predicted molar refractivity (Wildman–Crippen MR) is 75.4 cm³/mol. The Morgan fingerprint density at radius 3 is 2.85 bits per heavy atom. The number of nitrogen functional groups attached to an aromatic ring is 1. The normalized spacial score (nSPS) is 11.7. The first kappa shape index (κ1) is 14.5. The molecule has 0 fully saturated rings. The minimum absolute atomic E-state index is 0.235. The van der Waals surface area contributed by atoms with Crippen LogP contribution in [0.2, 0.25) is 0 Å². The molecule has 0 aliphatic carbocycles. The maximum absolute atomic E-state index is 12.3.